The lowest BCUT2D eigenvalue weighted by atomic mass is 9.79. The van der Waals surface area contributed by atoms with Crippen LogP contribution in [0.5, 0.6) is 5.75 Å². The van der Waals surface area contributed by atoms with Gasteiger partial charge < -0.3 is 14.8 Å². The molecule has 0 spiro atoms. The summed E-state index contributed by atoms with van der Waals surface area (Å²) in [5.41, 5.74) is 0.116. The van der Waals surface area contributed by atoms with Crippen molar-refractivity contribution in [3.8, 4) is 5.75 Å². The molecule has 12 heavy (non-hydrogen) atoms. The van der Waals surface area contributed by atoms with E-state index in [0.29, 0.717) is 0 Å². The molecule has 4 heteroatoms. The van der Waals surface area contributed by atoms with Crippen molar-refractivity contribution in [3.05, 3.63) is 23.8 Å². The lowest BCUT2D eigenvalue weighted by Crippen LogP contribution is -2.29. The number of ether oxygens (including phenoxy) is 1. The molecule has 1 rings (SSSR count). The van der Waals surface area contributed by atoms with E-state index in [1.807, 2.05) is 0 Å². The highest BCUT2D eigenvalue weighted by Gasteiger charge is 2.11. The second-order valence-corrected chi connectivity index (χ2v) is 2.37. The summed E-state index contributed by atoms with van der Waals surface area (Å²) >= 11 is 0. The van der Waals surface area contributed by atoms with Gasteiger partial charge in [0.1, 0.15) is 5.75 Å². The van der Waals surface area contributed by atoms with Crippen molar-refractivity contribution in [2.24, 2.45) is 0 Å². The molecule has 0 fully saturated rings. The maximum atomic E-state index is 8.95. The normalized spacial score (nSPS) is 14.4. The first-order valence-corrected chi connectivity index (χ1v) is 3.40. The monoisotopic (exact) mass is 169 g/mol. The molecule has 0 aliphatic carbocycles. The molecule has 0 saturated heterocycles. The maximum absolute atomic E-state index is 8.95. The Balaban J connectivity index is 3.23. The SMILES string of the molecule is [2H]C([2H])([2H])c1cc(OC)cc(B(O)O)c1. The molecule has 0 aliphatic rings. The van der Waals surface area contributed by atoms with Gasteiger partial charge in [-0.2, -0.15) is 0 Å². The van der Waals surface area contributed by atoms with Crippen molar-refractivity contribution in [2.75, 3.05) is 7.11 Å². The average Bonchev–Trinajstić information content (AvgIpc) is 2.15. The molecule has 0 amide bonds. The van der Waals surface area contributed by atoms with Crippen LogP contribution in [0.25, 0.3) is 0 Å². The topological polar surface area (TPSA) is 49.7 Å². The third-order valence-electron chi connectivity index (χ3n) is 1.46. The van der Waals surface area contributed by atoms with Gasteiger partial charge in [-0.15, -0.1) is 0 Å². The zero-order chi connectivity index (χ0) is 11.6. The summed E-state index contributed by atoms with van der Waals surface area (Å²) in [4.78, 5) is 0. The first-order chi connectivity index (χ1) is 6.84. The number of benzene rings is 1. The van der Waals surface area contributed by atoms with Gasteiger partial charge in [0.05, 0.1) is 7.11 Å². The van der Waals surface area contributed by atoms with E-state index in [1.165, 1.54) is 25.3 Å². The van der Waals surface area contributed by atoms with Crippen LogP contribution in [0.2, 0.25) is 0 Å². The van der Waals surface area contributed by atoms with Gasteiger partial charge in [0.2, 0.25) is 0 Å². The van der Waals surface area contributed by atoms with Crippen molar-refractivity contribution in [1.29, 1.82) is 0 Å². The van der Waals surface area contributed by atoms with E-state index in [4.69, 9.17) is 18.9 Å². The number of rotatable bonds is 2. The molecule has 0 unspecified atom stereocenters. The minimum absolute atomic E-state index is 0.0185. The highest BCUT2D eigenvalue weighted by Crippen LogP contribution is 2.09. The lowest BCUT2D eigenvalue weighted by Gasteiger charge is -2.05. The molecular weight excluding hydrogens is 155 g/mol. The zero-order valence-corrected chi connectivity index (χ0v) is 6.61. The van der Waals surface area contributed by atoms with Crippen molar-refractivity contribution < 1.29 is 18.9 Å². The van der Waals surface area contributed by atoms with Gasteiger partial charge >= 0.3 is 7.12 Å². The van der Waals surface area contributed by atoms with Gasteiger partial charge in [0.15, 0.2) is 0 Å². The molecule has 0 atom stereocenters. The minimum atomic E-state index is -2.29. The van der Waals surface area contributed by atoms with E-state index in [9.17, 15) is 0 Å². The van der Waals surface area contributed by atoms with Crippen LogP contribution >= 0.6 is 0 Å². The number of methoxy groups -OCH3 is 1. The van der Waals surface area contributed by atoms with E-state index in [1.54, 1.807) is 0 Å². The fourth-order valence-electron chi connectivity index (χ4n) is 0.889. The first kappa shape index (κ1) is 5.62. The smallest absolute Gasteiger partial charge is 0.488 e. The molecule has 1 aromatic carbocycles. The van der Waals surface area contributed by atoms with Gasteiger partial charge in [0.25, 0.3) is 0 Å². The summed E-state index contributed by atoms with van der Waals surface area (Å²) in [6, 6.07) is 3.94. The molecule has 64 valence electrons. The van der Waals surface area contributed by atoms with Gasteiger partial charge in [-0.25, -0.2) is 0 Å². The molecule has 0 heterocycles. The highest BCUT2D eigenvalue weighted by molar-refractivity contribution is 6.58. The Bertz CT molecular complexity index is 351. The third-order valence-corrected chi connectivity index (χ3v) is 1.46. The second-order valence-electron chi connectivity index (χ2n) is 2.37. The van der Waals surface area contributed by atoms with Crippen molar-refractivity contribution in [1.82, 2.24) is 0 Å². The fraction of sp³-hybridized carbons (Fsp3) is 0.250. The van der Waals surface area contributed by atoms with Crippen molar-refractivity contribution in [2.45, 2.75) is 6.85 Å². The van der Waals surface area contributed by atoms with E-state index < -0.39 is 14.0 Å². The quantitative estimate of drug-likeness (QED) is 0.596. The van der Waals surface area contributed by atoms with E-state index in [-0.39, 0.29) is 16.8 Å². The van der Waals surface area contributed by atoms with Crippen LogP contribution in [0.1, 0.15) is 9.68 Å². The third kappa shape index (κ3) is 2.00. The number of hydrogen-bond acceptors (Lipinski definition) is 3. The molecular formula is C8H11BO3. The molecule has 2 N–H and O–H groups in total. The molecule has 0 aliphatic heterocycles. The van der Waals surface area contributed by atoms with Crippen LogP contribution in [0, 0.1) is 6.85 Å². The minimum Gasteiger partial charge on any atom is -0.497 e. The molecule has 0 bridgehead atoms. The summed E-state index contributed by atoms with van der Waals surface area (Å²) in [6.45, 7) is -2.29. The summed E-state index contributed by atoms with van der Waals surface area (Å²) in [7, 11) is -0.326. The summed E-state index contributed by atoms with van der Waals surface area (Å²) in [5.74, 6) is 0.284. The lowest BCUT2D eigenvalue weighted by molar-refractivity contribution is 0.411. The Kier molecular flexibility index (Phi) is 1.69. The van der Waals surface area contributed by atoms with Crippen LogP contribution in [-0.2, 0) is 0 Å². The Morgan fingerprint density at radius 2 is 2.17 bits per heavy atom. The highest BCUT2D eigenvalue weighted by atomic mass is 16.5. The van der Waals surface area contributed by atoms with Crippen LogP contribution in [0.4, 0.5) is 0 Å². The first-order valence-electron chi connectivity index (χ1n) is 4.90. The largest absolute Gasteiger partial charge is 0.497 e. The number of aryl methyl sites for hydroxylation is 1. The van der Waals surface area contributed by atoms with Crippen LogP contribution < -0.4 is 10.2 Å². The predicted octanol–water partition coefficient (Wildman–Crippen LogP) is -0.317. The standard InChI is InChI=1S/C8H11BO3/c1-6-3-7(9(10)11)5-8(4-6)12-2/h3-5,10-11H,1-2H3/i1D3. The second kappa shape index (κ2) is 3.60. The van der Waals surface area contributed by atoms with Crippen molar-refractivity contribution >= 4 is 12.6 Å². The van der Waals surface area contributed by atoms with Gasteiger partial charge in [-0.1, -0.05) is 6.07 Å². The molecule has 0 radical (unpaired) electrons. The fourth-order valence-corrected chi connectivity index (χ4v) is 0.889. The Morgan fingerprint density at radius 3 is 2.67 bits per heavy atom. The molecule has 0 saturated carbocycles. The average molecular weight is 169 g/mol. The van der Waals surface area contributed by atoms with E-state index >= 15 is 0 Å². The van der Waals surface area contributed by atoms with Gasteiger partial charge in [0, 0.05) is 4.11 Å². The summed E-state index contributed by atoms with van der Waals surface area (Å²) < 4.78 is 26.5. The Hall–Kier alpha value is -0.995. The summed E-state index contributed by atoms with van der Waals surface area (Å²) in [5, 5.41) is 17.9. The molecule has 3 nitrogen and oxygen atoms in total. The summed E-state index contributed by atoms with van der Waals surface area (Å²) in [6.07, 6.45) is 0. The Morgan fingerprint density at radius 1 is 1.42 bits per heavy atom. The zero-order valence-electron chi connectivity index (χ0n) is 9.61. The predicted molar refractivity (Wildman–Crippen MR) is 47.6 cm³/mol. The molecule has 1 aromatic rings. The van der Waals surface area contributed by atoms with Gasteiger partial charge in [-0.3, -0.25) is 0 Å². The van der Waals surface area contributed by atoms with Crippen molar-refractivity contribution in [3.63, 3.8) is 0 Å². The molecule has 0 aromatic heterocycles. The van der Waals surface area contributed by atoms with E-state index in [2.05, 4.69) is 0 Å². The maximum Gasteiger partial charge on any atom is 0.488 e. The van der Waals surface area contributed by atoms with Crippen LogP contribution in [0.15, 0.2) is 18.2 Å². The Labute approximate surface area is 76.0 Å². The van der Waals surface area contributed by atoms with Gasteiger partial charge in [-0.05, 0) is 30.0 Å². The number of hydrogen-bond donors (Lipinski definition) is 2. The van der Waals surface area contributed by atoms with E-state index in [0.717, 1.165) is 0 Å². The van der Waals surface area contributed by atoms with Crippen LogP contribution in [-0.4, -0.2) is 24.3 Å². The van der Waals surface area contributed by atoms with Crippen LogP contribution in [0.3, 0.4) is 0 Å².